The molecule has 300 valence electrons. The summed E-state index contributed by atoms with van der Waals surface area (Å²) in [7, 11) is 0. The zero-order valence-corrected chi connectivity index (χ0v) is 33.8. The highest BCUT2D eigenvalue weighted by Gasteiger charge is 2.25. The fourth-order valence-corrected chi connectivity index (χ4v) is 5.70. The van der Waals surface area contributed by atoms with E-state index in [0.717, 1.165) is 23.3 Å². The Morgan fingerprint density at radius 1 is 0.518 bits per heavy atom. The van der Waals surface area contributed by atoms with Crippen molar-refractivity contribution in [2.45, 2.75) is 80.1 Å². The standard InChI is InChI=1S/C46H56O10/c1-9-50-39-18-10-35(11-19-39)36-12-20-41(21-13-36)55-45(48)38-16-24-42(25-17-38)56-44(47)37-14-22-40(23-15-37)54-34(8)29-52-32(6)27-51-33(7)28-53-46(49)43(31(4)5)26-30(2)3/h10-25,30-34,43H,9,26-29H2,1-8H3. The Balaban J connectivity index is 1.15. The molecule has 4 atom stereocenters. The minimum atomic E-state index is -0.552. The number of benzene rings is 4. The van der Waals surface area contributed by atoms with E-state index in [-0.39, 0.29) is 48.5 Å². The van der Waals surface area contributed by atoms with Crippen LogP contribution in [0.2, 0.25) is 0 Å². The smallest absolute Gasteiger partial charge is 0.343 e. The monoisotopic (exact) mass is 768 g/mol. The van der Waals surface area contributed by atoms with Crippen molar-refractivity contribution >= 4 is 17.9 Å². The number of carbonyl (C=O) groups is 3. The lowest BCUT2D eigenvalue weighted by atomic mass is 9.88. The number of hydrogen-bond donors (Lipinski definition) is 0. The van der Waals surface area contributed by atoms with Crippen LogP contribution < -0.4 is 18.9 Å². The van der Waals surface area contributed by atoms with Crippen LogP contribution in [0.4, 0.5) is 0 Å². The van der Waals surface area contributed by atoms with Crippen LogP contribution in [0.5, 0.6) is 23.0 Å². The van der Waals surface area contributed by atoms with Gasteiger partial charge in [-0.05, 0) is 130 Å². The molecule has 0 saturated heterocycles. The van der Waals surface area contributed by atoms with Crippen LogP contribution in [-0.4, -0.2) is 62.6 Å². The first kappa shape index (κ1) is 43.5. The Morgan fingerprint density at radius 2 is 0.946 bits per heavy atom. The second-order valence-electron chi connectivity index (χ2n) is 14.6. The molecule has 0 saturated carbocycles. The molecule has 0 aliphatic heterocycles. The third-order valence-corrected chi connectivity index (χ3v) is 8.82. The highest BCUT2D eigenvalue weighted by Crippen LogP contribution is 2.26. The summed E-state index contributed by atoms with van der Waals surface area (Å²) in [6, 6.07) is 27.8. The van der Waals surface area contributed by atoms with E-state index in [9.17, 15) is 14.4 Å². The van der Waals surface area contributed by atoms with E-state index in [1.54, 1.807) is 60.7 Å². The third-order valence-electron chi connectivity index (χ3n) is 8.82. The molecule has 0 spiro atoms. The van der Waals surface area contributed by atoms with E-state index in [1.807, 2.05) is 77.9 Å². The maximum absolute atomic E-state index is 12.8. The molecule has 4 aromatic rings. The van der Waals surface area contributed by atoms with E-state index >= 15 is 0 Å². The maximum atomic E-state index is 12.8. The van der Waals surface area contributed by atoms with Crippen LogP contribution in [0.1, 0.15) is 82.5 Å². The molecule has 4 unspecified atom stereocenters. The minimum absolute atomic E-state index is 0.117. The van der Waals surface area contributed by atoms with E-state index in [1.165, 1.54) is 0 Å². The molecule has 10 nitrogen and oxygen atoms in total. The van der Waals surface area contributed by atoms with Crippen LogP contribution >= 0.6 is 0 Å². The van der Waals surface area contributed by atoms with Gasteiger partial charge in [0.2, 0.25) is 0 Å². The first-order chi connectivity index (χ1) is 26.8. The number of ether oxygens (including phenoxy) is 7. The van der Waals surface area contributed by atoms with Gasteiger partial charge in [0.15, 0.2) is 0 Å². The first-order valence-corrected chi connectivity index (χ1v) is 19.4. The normalized spacial score (nSPS) is 13.4. The highest BCUT2D eigenvalue weighted by molar-refractivity contribution is 5.92. The lowest BCUT2D eigenvalue weighted by molar-refractivity contribution is -0.155. The summed E-state index contributed by atoms with van der Waals surface area (Å²) >= 11 is 0. The molecule has 0 aliphatic carbocycles. The number of carbonyl (C=O) groups excluding carboxylic acids is 3. The molecule has 0 amide bonds. The van der Waals surface area contributed by atoms with Gasteiger partial charge in [-0.1, -0.05) is 52.0 Å². The van der Waals surface area contributed by atoms with E-state index in [0.29, 0.717) is 48.4 Å². The molecule has 56 heavy (non-hydrogen) atoms. The Labute approximate surface area is 331 Å². The quantitative estimate of drug-likeness (QED) is 0.0600. The fourth-order valence-electron chi connectivity index (χ4n) is 5.70. The summed E-state index contributed by atoms with van der Waals surface area (Å²) < 4.78 is 39.9. The van der Waals surface area contributed by atoms with Crippen LogP contribution in [-0.2, 0) is 19.0 Å². The number of rotatable bonds is 21. The zero-order valence-electron chi connectivity index (χ0n) is 33.8. The lowest BCUT2D eigenvalue weighted by Gasteiger charge is -2.23. The molecular formula is C46H56O10. The van der Waals surface area contributed by atoms with Crippen molar-refractivity contribution in [2.24, 2.45) is 17.8 Å². The Kier molecular flexibility index (Phi) is 16.9. The van der Waals surface area contributed by atoms with Crippen LogP contribution in [0, 0.1) is 17.8 Å². The summed E-state index contributed by atoms with van der Waals surface area (Å²) in [4.78, 5) is 38.2. The van der Waals surface area contributed by atoms with Gasteiger partial charge in [-0.2, -0.15) is 0 Å². The van der Waals surface area contributed by atoms with Gasteiger partial charge in [0, 0.05) is 0 Å². The van der Waals surface area contributed by atoms with Gasteiger partial charge in [0.25, 0.3) is 0 Å². The van der Waals surface area contributed by atoms with Crippen LogP contribution in [0.25, 0.3) is 11.1 Å². The second kappa shape index (κ2) is 21.8. The van der Waals surface area contributed by atoms with Crippen LogP contribution in [0.3, 0.4) is 0 Å². The van der Waals surface area contributed by atoms with Crippen molar-refractivity contribution in [1.82, 2.24) is 0 Å². The van der Waals surface area contributed by atoms with Crippen molar-refractivity contribution in [3.63, 3.8) is 0 Å². The molecule has 0 heterocycles. The molecule has 10 heteroatoms. The lowest BCUT2D eigenvalue weighted by Crippen LogP contribution is -2.30. The molecular weight excluding hydrogens is 712 g/mol. The van der Waals surface area contributed by atoms with Crippen molar-refractivity contribution in [3.8, 4) is 34.1 Å². The Morgan fingerprint density at radius 3 is 1.41 bits per heavy atom. The molecule has 0 N–H and O–H groups in total. The minimum Gasteiger partial charge on any atom is -0.494 e. The number of esters is 3. The molecule has 4 rings (SSSR count). The fraction of sp³-hybridized carbons (Fsp3) is 0.413. The van der Waals surface area contributed by atoms with Gasteiger partial charge < -0.3 is 33.2 Å². The molecule has 0 radical (unpaired) electrons. The van der Waals surface area contributed by atoms with Crippen LogP contribution in [0.15, 0.2) is 97.1 Å². The van der Waals surface area contributed by atoms with Gasteiger partial charge in [-0.3, -0.25) is 4.79 Å². The SMILES string of the molecule is CCOc1ccc(-c2ccc(OC(=O)c3ccc(OC(=O)c4ccc(OC(C)COC(C)COC(C)COC(=O)C(CC(C)C)C(C)C)cc4)cc3)cc2)cc1. The van der Waals surface area contributed by atoms with Crippen molar-refractivity contribution in [1.29, 1.82) is 0 Å². The van der Waals surface area contributed by atoms with Gasteiger partial charge >= 0.3 is 17.9 Å². The van der Waals surface area contributed by atoms with Gasteiger partial charge in [0.05, 0.1) is 49.1 Å². The number of hydrogen-bond acceptors (Lipinski definition) is 10. The zero-order chi connectivity index (χ0) is 40.6. The summed E-state index contributed by atoms with van der Waals surface area (Å²) in [5, 5.41) is 0. The molecule has 0 fully saturated rings. The maximum Gasteiger partial charge on any atom is 0.343 e. The van der Waals surface area contributed by atoms with Gasteiger partial charge in [-0.25, -0.2) is 9.59 Å². The molecule has 4 aromatic carbocycles. The summed E-state index contributed by atoms with van der Waals surface area (Å²) in [5.41, 5.74) is 2.65. The van der Waals surface area contributed by atoms with Crippen molar-refractivity contribution in [2.75, 3.05) is 26.4 Å². The third kappa shape index (κ3) is 14.1. The van der Waals surface area contributed by atoms with Gasteiger partial charge in [0.1, 0.15) is 35.7 Å². The average Bonchev–Trinajstić information content (AvgIpc) is 3.18. The Bertz CT molecular complexity index is 1800. The topological polar surface area (TPSA) is 116 Å². The largest absolute Gasteiger partial charge is 0.494 e. The predicted molar refractivity (Wildman–Crippen MR) is 216 cm³/mol. The van der Waals surface area contributed by atoms with Crippen molar-refractivity contribution in [3.05, 3.63) is 108 Å². The molecule has 0 aromatic heterocycles. The van der Waals surface area contributed by atoms with Gasteiger partial charge in [-0.15, -0.1) is 0 Å². The highest BCUT2D eigenvalue weighted by atomic mass is 16.6. The van der Waals surface area contributed by atoms with E-state index in [2.05, 4.69) is 13.8 Å². The summed E-state index contributed by atoms with van der Waals surface area (Å²) in [6.45, 7) is 17.4. The van der Waals surface area contributed by atoms with E-state index in [4.69, 9.17) is 33.2 Å². The van der Waals surface area contributed by atoms with E-state index < -0.39 is 11.9 Å². The molecule has 0 bridgehead atoms. The summed E-state index contributed by atoms with van der Waals surface area (Å²) in [5.74, 6) is 1.35. The Hall–Kier alpha value is -5.19. The molecule has 0 aliphatic rings. The average molecular weight is 769 g/mol. The van der Waals surface area contributed by atoms with Crippen molar-refractivity contribution < 1.29 is 47.5 Å². The predicted octanol–water partition coefficient (Wildman–Crippen LogP) is 9.63. The summed E-state index contributed by atoms with van der Waals surface area (Å²) in [6.07, 6.45) is 0.0759. The first-order valence-electron chi connectivity index (χ1n) is 19.4. The second-order valence-corrected chi connectivity index (χ2v) is 14.6.